The highest BCUT2D eigenvalue weighted by Gasteiger charge is 2.28. The van der Waals surface area contributed by atoms with Gasteiger partial charge in [0.2, 0.25) is 0 Å². The van der Waals surface area contributed by atoms with Crippen LogP contribution in [-0.4, -0.2) is 30.7 Å². The van der Waals surface area contributed by atoms with Crippen molar-refractivity contribution in [2.45, 2.75) is 32.6 Å². The predicted octanol–water partition coefficient (Wildman–Crippen LogP) is 4.72. The molecule has 156 valence electrons. The Labute approximate surface area is 178 Å². The van der Waals surface area contributed by atoms with Gasteiger partial charge in [-0.05, 0) is 50.3 Å². The lowest BCUT2D eigenvalue weighted by molar-refractivity contribution is 0.0526. The van der Waals surface area contributed by atoms with Gasteiger partial charge in [0.05, 0.1) is 19.3 Å². The van der Waals surface area contributed by atoms with Gasteiger partial charge in [-0.2, -0.15) is 0 Å². The Kier molecular flexibility index (Phi) is 5.85. The summed E-state index contributed by atoms with van der Waals surface area (Å²) in [5.41, 5.74) is 2.35. The summed E-state index contributed by atoms with van der Waals surface area (Å²) < 4.78 is 15.8. The molecule has 0 unspecified atom stereocenters. The molecule has 3 aromatic rings. The van der Waals surface area contributed by atoms with Crippen LogP contribution < -0.4 is 10.1 Å². The maximum absolute atomic E-state index is 12.8. The van der Waals surface area contributed by atoms with Crippen molar-refractivity contribution in [3.63, 3.8) is 0 Å². The van der Waals surface area contributed by atoms with Crippen LogP contribution in [0.15, 0.2) is 34.9 Å². The molecule has 1 N–H and O–H groups in total. The smallest absolute Gasteiger partial charge is 0.341 e. The number of hydrogen-bond donors (Lipinski definition) is 1. The standard InChI is InChI=1S/C22H22N2O5S/c1-3-28-22(26)19-15-9-4-5-10-18(15)30-21(19)23-20(25)16-12-17(29-24-16)13-7-6-8-14(11-13)27-2/h6-8,11-12H,3-5,9-10H2,1-2H3,(H,23,25). The highest BCUT2D eigenvalue weighted by molar-refractivity contribution is 7.17. The highest BCUT2D eigenvalue weighted by atomic mass is 32.1. The maximum Gasteiger partial charge on any atom is 0.341 e. The van der Waals surface area contributed by atoms with E-state index in [1.165, 1.54) is 11.3 Å². The van der Waals surface area contributed by atoms with E-state index in [4.69, 9.17) is 14.0 Å². The molecule has 1 aromatic carbocycles. The lowest BCUT2D eigenvalue weighted by atomic mass is 9.95. The number of fused-ring (bicyclic) bond motifs is 1. The van der Waals surface area contributed by atoms with Crippen LogP contribution in [0.3, 0.4) is 0 Å². The predicted molar refractivity (Wildman–Crippen MR) is 113 cm³/mol. The average molecular weight is 426 g/mol. The van der Waals surface area contributed by atoms with Crippen LogP contribution in [-0.2, 0) is 17.6 Å². The van der Waals surface area contributed by atoms with E-state index in [9.17, 15) is 9.59 Å². The molecule has 1 aliphatic rings. The lowest BCUT2D eigenvalue weighted by Crippen LogP contribution is -2.16. The van der Waals surface area contributed by atoms with Gasteiger partial charge in [0.15, 0.2) is 11.5 Å². The van der Waals surface area contributed by atoms with Gasteiger partial charge in [-0.15, -0.1) is 11.3 Å². The molecule has 2 heterocycles. The molecule has 0 fully saturated rings. The van der Waals surface area contributed by atoms with Crippen LogP contribution in [0.2, 0.25) is 0 Å². The first kappa shape index (κ1) is 20.2. The van der Waals surface area contributed by atoms with Crippen LogP contribution in [0.25, 0.3) is 11.3 Å². The molecule has 1 amide bonds. The topological polar surface area (TPSA) is 90.7 Å². The summed E-state index contributed by atoms with van der Waals surface area (Å²) in [5.74, 6) is 0.301. The third kappa shape index (κ3) is 3.95. The van der Waals surface area contributed by atoms with Crippen molar-refractivity contribution in [2.75, 3.05) is 19.0 Å². The lowest BCUT2D eigenvalue weighted by Gasteiger charge is -2.12. The molecule has 30 heavy (non-hydrogen) atoms. The first-order chi connectivity index (χ1) is 14.6. The van der Waals surface area contributed by atoms with E-state index in [1.807, 2.05) is 18.2 Å². The van der Waals surface area contributed by atoms with Crippen LogP contribution in [0.4, 0.5) is 5.00 Å². The van der Waals surface area contributed by atoms with E-state index >= 15 is 0 Å². The molecule has 0 saturated heterocycles. The number of esters is 1. The molecule has 2 aromatic heterocycles. The zero-order valence-electron chi connectivity index (χ0n) is 16.8. The third-order valence-corrected chi connectivity index (χ3v) is 6.18. The van der Waals surface area contributed by atoms with Gasteiger partial charge in [0, 0.05) is 16.5 Å². The van der Waals surface area contributed by atoms with Gasteiger partial charge < -0.3 is 19.3 Å². The Balaban J connectivity index is 1.59. The number of aryl methyl sites for hydroxylation is 1. The number of nitrogens with zero attached hydrogens (tertiary/aromatic N) is 1. The molecule has 0 bridgehead atoms. The Hall–Kier alpha value is -3.13. The van der Waals surface area contributed by atoms with Crippen molar-refractivity contribution in [2.24, 2.45) is 0 Å². The van der Waals surface area contributed by atoms with E-state index < -0.39 is 11.9 Å². The fourth-order valence-corrected chi connectivity index (χ4v) is 4.81. The van der Waals surface area contributed by atoms with Gasteiger partial charge >= 0.3 is 5.97 Å². The number of benzene rings is 1. The summed E-state index contributed by atoms with van der Waals surface area (Å²) in [6.45, 7) is 2.05. The number of aromatic nitrogens is 1. The van der Waals surface area contributed by atoms with Crippen molar-refractivity contribution in [1.82, 2.24) is 5.16 Å². The molecule has 1 aliphatic carbocycles. The zero-order valence-corrected chi connectivity index (χ0v) is 17.6. The second kappa shape index (κ2) is 8.71. The largest absolute Gasteiger partial charge is 0.497 e. The van der Waals surface area contributed by atoms with Crippen LogP contribution in [0.1, 0.15) is 51.1 Å². The number of thiophene rings is 1. The number of carbonyl (C=O) groups excluding carboxylic acids is 2. The second-order valence-corrected chi connectivity index (χ2v) is 8.00. The molecule has 0 saturated carbocycles. The Morgan fingerprint density at radius 1 is 1.23 bits per heavy atom. The monoisotopic (exact) mass is 426 g/mol. The summed E-state index contributed by atoms with van der Waals surface area (Å²) in [7, 11) is 1.58. The normalized spacial score (nSPS) is 12.9. The fourth-order valence-electron chi connectivity index (χ4n) is 3.53. The number of rotatable bonds is 6. The van der Waals surface area contributed by atoms with E-state index in [0.717, 1.165) is 41.7 Å². The molecule has 4 rings (SSSR count). The van der Waals surface area contributed by atoms with E-state index in [-0.39, 0.29) is 12.3 Å². The van der Waals surface area contributed by atoms with Crippen molar-refractivity contribution in [1.29, 1.82) is 0 Å². The summed E-state index contributed by atoms with van der Waals surface area (Å²) >= 11 is 1.44. The summed E-state index contributed by atoms with van der Waals surface area (Å²) in [4.78, 5) is 26.5. The van der Waals surface area contributed by atoms with Gasteiger partial charge in [-0.1, -0.05) is 17.3 Å². The molecule has 0 radical (unpaired) electrons. The summed E-state index contributed by atoms with van der Waals surface area (Å²) in [6.07, 6.45) is 3.83. The molecule has 0 aliphatic heterocycles. The van der Waals surface area contributed by atoms with Gasteiger partial charge in [0.25, 0.3) is 5.91 Å². The third-order valence-electron chi connectivity index (χ3n) is 4.97. The Morgan fingerprint density at radius 3 is 2.87 bits per heavy atom. The van der Waals surface area contributed by atoms with Crippen LogP contribution >= 0.6 is 11.3 Å². The van der Waals surface area contributed by atoms with Crippen molar-refractivity contribution in [3.05, 3.63) is 52.0 Å². The quantitative estimate of drug-likeness (QED) is 0.574. The Morgan fingerprint density at radius 2 is 2.07 bits per heavy atom. The van der Waals surface area contributed by atoms with Gasteiger partial charge in [-0.25, -0.2) is 4.79 Å². The number of methoxy groups -OCH3 is 1. The number of amides is 1. The zero-order chi connectivity index (χ0) is 21.1. The summed E-state index contributed by atoms with van der Waals surface area (Å²) in [5, 5.41) is 7.25. The van der Waals surface area contributed by atoms with Crippen LogP contribution in [0, 0.1) is 0 Å². The Bertz CT molecular complexity index is 1090. The molecular weight excluding hydrogens is 404 g/mol. The van der Waals surface area contributed by atoms with Crippen LogP contribution in [0.5, 0.6) is 5.75 Å². The molecular formula is C22H22N2O5S. The molecule has 0 spiro atoms. The maximum atomic E-state index is 12.8. The molecule has 0 atom stereocenters. The molecule has 7 nitrogen and oxygen atoms in total. The summed E-state index contributed by atoms with van der Waals surface area (Å²) in [6, 6.07) is 8.87. The van der Waals surface area contributed by atoms with E-state index in [0.29, 0.717) is 22.1 Å². The first-order valence-corrected chi connectivity index (χ1v) is 10.7. The van der Waals surface area contributed by atoms with Crippen molar-refractivity contribution >= 4 is 28.2 Å². The minimum Gasteiger partial charge on any atom is -0.497 e. The molecule has 8 heteroatoms. The minimum absolute atomic E-state index is 0.133. The van der Waals surface area contributed by atoms with Gasteiger partial charge in [0.1, 0.15) is 10.8 Å². The van der Waals surface area contributed by atoms with E-state index in [1.54, 1.807) is 26.2 Å². The SMILES string of the molecule is CCOC(=O)c1c(NC(=O)c2cc(-c3cccc(OC)c3)on2)sc2c1CCCC2. The highest BCUT2D eigenvalue weighted by Crippen LogP contribution is 2.39. The number of ether oxygens (including phenoxy) is 2. The number of carbonyl (C=O) groups is 2. The van der Waals surface area contributed by atoms with Crippen molar-refractivity contribution in [3.8, 4) is 17.1 Å². The van der Waals surface area contributed by atoms with E-state index in [2.05, 4.69) is 10.5 Å². The average Bonchev–Trinajstić information content (AvgIpc) is 3.39. The fraction of sp³-hybridized carbons (Fsp3) is 0.318. The number of hydrogen-bond acceptors (Lipinski definition) is 7. The minimum atomic E-state index is -0.433. The van der Waals surface area contributed by atoms with Crippen molar-refractivity contribution < 1.29 is 23.6 Å². The second-order valence-electron chi connectivity index (χ2n) is 6.90. The van der Waals surface area contributed by atoms with Gasteiger partial charge in [-0.3, -0.25) is 4.79 Å². The number of nitrogens with one attached hydrogen (secondary N) is 1. The number of anilines is 1. The first-order valence-electron chi connectivity index (χ1n) is 9.84.